The lowest BCUT2D eigenvalue weighted by Crippen LogP contribution is -2.07. The van der Waals surface area contributed by atoms with E-state index in [1.54, 1.807) is 47.7 Å². The molecule has 7 aromatic carbocycles. The van der Waals surface area contributed by atoms with Crippen LogP contribution in [0.2, 0.25) is 5.02 Å². The first kappa shape index (κ1) is 83.2. The van der Waals surface area contributed by atoms with Crippen LogP contribution in [0.4, 0.5) is 11.4 Å². The predicted octanol–water partition coefficient (Wildman–Crippen LogP) is 21.7. The van der Waals surface area contributed by atoms with Gasteiger partial charge in [0.2, 0.25) is 5.91 Å². The van der Waals surface area contributed by atoms with Crippen LogP contribution in [-0.4, -0.2) is 67.7 Å². The molecule has 1 amide bonds. The fourth-order valence-corrected chi connectivity index (χ4v) is 9.77. The van der Waals surface area contributed by atoms with Gasteiger partial charge in [0.25, 0.3) is 0 Å². The number of rotatable bonds is 19. The standard InChI is InChI=1S/C13H19NO2.C12H16O3.C12H18O.C11H17NO.C11H16O2.C11H16.C10H13ClO/c1-5-16-13-7-6-11(14-10(4)15)8-12(13)9(2)3;1-8(2)10-7-9(12(13)15-4)5-6-11(10)14-3;1-5-10-6-7-12(13-4)11(8-10)9(2)3;1-4-13-11-6-5-9(12)7-10(11)8(2)3;1-8(2)10-7-9(12-3)5-6-11(10)13-4;1-8(2)11-7-9(3)5-6-10(11)4;1-7(2)9-6-8(11)4-5-10(9)12-3/h6-9H,5H2,1-4H3,(H,14,15);5-8H,1-4H3;6-9H,5H2,1-4H3;5-8H,4,12H2,1-3H3;5-8H,1-4H3;5-8H,1-4H3;4-7H,1-3H3. The van der Waals surface area contributed by atoms with Crippen molar-refractivity contribution in [1.29, 1.82) is 0 Å². The van der Waals surface area contributed by atoms with Crippen LogP contribution in [0.1, 0.15) is 232 Å². The van der Waals surface area contributed by atoms with Gasteiger partial charge in [-0.3, -0.25) is 4.79 Å². The number of carbonyl (C=O) groups is 2. The second kappa shape index (κ2) is 43.9. The zero-order valence-corrected chi connectivity index (χ0v) is 62.1. The van der Waals surface area contributed by atoms with Crippen molar-refractivity contribution in [2.75, 3.05) is 66.9 Å². The third-order valence-electron chi connectivity index (χ3n) is 14.7. The Hall–Kier alpha value is -7.83. The highest BCUT2D eigenvalue weighted by Gasteiger charge is 2.15. The van der Waals surface area contributed by atoms with Crippen molar-refractivity contribution >= 4 is 34.9 Å². The number of anilines is 2. The first-order chi connectivity index (χ1) is 43.9. The zero-order valence-electron chi connectivity index (χ0n) is 61.3. The lowest BCUT2D eigenvalue weighted by molar-refractivity contribution is -0.114. The van der Waals surface area contributed by atoms with Crippen molar-refractivity contribution < 1.29 is 47.5 Å². The van der Waals surface area contributed by atoms with Crippen LogP contribution < -0.4 is 44.2 Å². The molecule has 13 heteroatoms. The lowest BCUT2D eigenvalue weighted by Gasteiger charge is -2.14. The van der Waals surface area contributed by atoms with Gasteiger partial charge in [0.15, 0.2) is 0 Å². The molecule has 93 heavy (non-hydrogen) atoms. The molecule has 0 saturated heterocycles. The summed E-state index contributed by atoms with van der Waals surface area (Å²) >= 11 is 5.86. The van der Waals surface area contributed by atoms with Gasteiger partial charge in [-0.2, -0.15) is 0 Å². The highest BCUT2D eigenvalue weighted by atomic mass is 35.5. The fourth-order valence-electron chi connectivity index (χ4n) is 9.59. The van der Waals surface area contributed by atoms with Crippen molar-refractivity contribution in [3.63, 3.8) is 0 Å². The molecular formula is C80H115ClN2O10. The van der Waals surface area contributed by atoms with E-state index >= 15 is 0 Å². The Balaban J connectivity index is 0.000000544. The van der Waals surface area contributed by atoms with Gasteiger partial charge in [0.05, 0.1) is 61.4 Å². The molecule has 0 aliphatic carbocycles. The zero-order chi connectivity index (χ0) is 70.7. The van der Waals surface area contributed by atoms with E-state index in [0.29, 0.717) is 60.2 Å². The van der Waals surface area contributed by atoms with Crippen LogP contribution in [0.5, 0.6) is 40.2 Å². The van der Waals surface area contributed by atoms with Crippen LogP contribution in [0.25, 0.3) is 0 Å². The summed E-state index contributed by atoms with van der Waals surface area (Å²) in [5.74, 6) is 9.20. The second-order valence-electron chi connectivity index (χ2n) is 24.4. The fraction of sp³-hybridized carbons (Fsp3) is 0.450. The first-order valence-electron chi connectivity index (χ1n) is 32.5. The minimum Gasteiger partial charge on any atom is -0.497 e. The number of benzene rings is 7. The molecule has 3 N–H and O–H groups in total. The number of hydrogen-bond acceptors (Lipinski definition) is 11. The summed E-state index contributed by atoms with van der Waals surface area (Å²) in [7, 11) is 9.77. The van der Waals surface area contributed by atoms with Crippen LogP contribution in [0.3, 0.4) is 0 Å². The maximum absolute atomic E-state index is 11.3. The van der Waals surface area contributed by atoms with Crippen molar-refractivity contribution in [3.05, 3.63) is 194 Å². The van der Waals surface area contributed by atoms with Crippen LogP contribution >= 0.6 is 11.6 Å². The number of esters is 1. The molecular weight excluding hydrogens is 1180 g/mol. The summed E-state index contributed by atoms with van der Waals surface area (Å²) in [5.41, 5.74) is 20.5. The largest absolute Gasteiger partial charge is 0.497 e. The quantitative estimate of drug-likeness (QED) is 0.0589. The third kappa shape index (κ3) is 29.3. The molecule has 0 heterocycles. The van der Waals surface area contributed by atoms with Gasteiger partial charge >= 0.3 is 5.97 Å². The highest BCUT2D eigenvalue weighted by Crippen LogP contribution is 2.34. The van der Waals surface area contributed by atoms with Gasteiger partial charge in [-0.05, 0) is 217 Å². The normalized spacial score (nSPS) is 10.4. The lowest BCUT2D eigenvalue weighted by atomic mass is 9.96. The predicted molar refractivity (Wildman–Crippen MR) is 393 cm³/mol. The van der Waals surface area contributed by atoms with Crippen molar-refractivity contribution in [3.8, 4) is 40.2 Å². The second-order valence-corrected chi connectivity index (χ2v) is 24.8. The van der Waals surface area contributed by atoms with Crippen LogP contribution in [0.15, 0.2) is 127 Å². The Kier molecular flexibility index (Phi) is 39.3. The summed E-state index contributed by atoms with van der Waals surface area (Å²) in [4.78, 5) is 22.3. The minimum absolute atomic E-state index is 0.0566. The molecule has 512 valence electrons. The van der Waals surface area contributed by atoms with Gasteiger partial charge in [-0.15, -0.1) is 0 Å². The number of hydrogen-bond donors (Lipinski definition) is 2. The molecule has 0 radical (unpaired) electrons. The SMILES string of the molecule is CCOc1ccc(N)cc1C(C)C.CCOc1ccc(NC(C)=O)cc1C(C)C.CCc1ccc(OC)c(C(C)C)c1.COC(=O)c1ccc(OC)c(C(C)C)c1.COc1ccc(Cl)cc1C(C)C.COc1ccc(OC)c(C(C)C)c1.Cc1ccc(C)c(C(C)C)c1. The van der Waals surface area contributed by atoms with E-state index in [1.165, 1.54) is 53.0 Å². The molecule has 12 nitrogen and oxygen atoms in total. The maximum Gasteiger partial charge on any atom is 0.337 e. The molecule has 0 atom stereocenters. The Morgan fingerprint density at radius 2 is 0.839 bits per heavy atom. The number of amides is 1. The van der Waals surface area contributed by atoms with E-state index in [4.69, 9.17) is 50.5 Å². The molecule has 0 unspecified atom stereocenters. The third-order valence-corrected chi connectivity index (χ3v) is 15.0. The number of halogens is 1. The molecule has 0 bridgehead atoms. The smallest absolute Gasteiger partial charge is 0.337 e. The van der Waals surface area contributed by atoms with Gasteiger partial charge in [-0.1, -0.05) is 151 Å². The summed E-state index contributed by atoms with van der Waals surface area (Å²) in [5, 5.41) is 3.54. The van der Waals surface area contributed by atoms with Gasteiger partial charge in [-0.25, -0.2) is 4.79 Å². The first-order valence-corrected chi connectivity index (χ1v) is 32.9. The topological polar surface area (TPSA) is 146 Å². The summed E-state index contributed by atoms with van der Waals surface area (Å²) in [6, 6.07) is 41.5. The number of aryl methyl sites for hydroxylation is 3. The van der Waals surface area contributed by atoms with E-state index < -0.39 is 0 Å². The summed E-state index contributed by atoms with van der Waals surface area (Å²) in [6.45, 7) is 43.3. The van der Waals surface area contributed by atoms with Gasteiger partial charge in [0, 0.05) is 28.9 Å². The van der Waals surface area contributed by atoms with E-state index in [2.05, 4.69) is 164 Å². The monoisotopic (exact) mass is 1300 g/mol. The number of nitrogen functional groups attached to an aromatic ring is 1. The summed E-state index contributed by atoms with van der Waals surface area (Å²) in [6.07, 6.45) is 1.09. The Morgan fingerprint density at radius 3 is 1.27 bits per heavy atom. The molecule has 0 spiro atoms. The number of nitrogens with one attached hydrogen (secondary N) is 1. The van der Waals surface area contributed by atoms with E-state index in [1.807, 2.05) is 92.7 Å². The Morgan fingerprint density at radius 1 is 0.430 bits per heavy atom. The molecule has 0 aromatic heterocycles. The average Bonchev–Trinajstić information content (AvgIpc) is 1.11. The van der Waals surface area contributed by atoms with Crippen LogP contribution in [0, 0.1) is 13.8 Å². The number of ether oxygens (including phenoxy) is 8. The van der Waals surface area contributed by atoms with Crippen molar-refractivity contribution in [1.82, 2.24) is 0 Å². The Bertz CT molecular complexity index is 3250. The van der Waals surface area contributed by atoms with E-state index in [-0.39, 0.29) is 11.9 Å². The molecule has 7 rings (SSSR count). The van der Waals surface area contributed by atoms with Gasteiger partial charge in [0.1, 0.15) is 40.2 Å². The molecule has 7 aromatic rings. The van der Waals surface area contributed by atoms with Crippen LogP contribution in [-0.2, 0) is 16.0 Å². The Labute approximate surface area is 566 Å². The van der Waals surface area contributed by atoms with E-state index in [0.717, 1.165) is 79.8 Å². The molecule has 0 aliphatic rings. The number of methoxy groups -OCH3 is 6. The summed E-state index contributed by atoms with van der Waals surface area (Å²) < 4.78 is 41.8. The molecule has 0 fully saturated rings. The maximum atomic E-state index is 11.3. The number of carbonyl (C=O) groups excluding carboxylic acids is 2. The molecule has 0 saturated carbocycles. The minimum atomic E-state index is -0.320. The van der Waals surface area contributed by atoms with E-state index in [9.17, 15) is 9.59 Å². The van der Waals surface area contributed by atoms with Crippen molar-refractivity contribution in [2.24, 2.45) is 0 Å². The average molecular weight is 1300 g/mol. The molecule has 0 aliphatic heterocycles. The van der Waals surface area contributed by atoms with Crippen molar-refractivity contribution in [2.45, 2.75) is 186 Å². The highest BCUT2D eigenvalue weighted by molar-refractivity contribution is 6.30. The number of nitrogens with two attached hydrogens (primary N) is 1. The van der Waals surface area contributed by atoms with Gasteiger partial charge < -0.3 is 48.9 Å².